The lowest BCUT2D eigenvalue weighted by Gasteiger charge is -2.13. The number of H-pyrrole nitrogens is 1. The molecule has 0 bridgehead atoms. The third-order valence-electron chi connectivity index (χ3n) is 3.99. The Bertz CT molecular complexity index is 1100. The third-order valence-corrected chi connectivity index (χ3v) is 3.99. The zero-order valence-corrected chi connectivity index (χ0v) is 15.3. The molecule has 2 aromatic heterocycles. The largest absolute Gasteiger partial charge is 0.490 e. The molecule has 0 atom stereocenters. The Morgan fingerprint density at radius 3 is 2.64 bits per heavy atom. The van der Waals surface area contributed by atoms with Crippen LogP contribution in [0.3, 0.4) is 0 Å². The first-order valence-corrected chi connectivity index (χ1v) is 8.59. The maximum absolute atomic E-state index is 13.3. The molecule has 0 spiro atoms. The van der Waals surface area contributed by atoms with Crippen molar-refractivity contribution in [2.24, 2.45) is 0 Å². The third kappa shape index (κ3) is 4.36. The summed E-state index contributed by atoms with van der Waals surface area (Å²) in [5, 5.41) is 0.197. The van der Waals surface area contributed by atoms with Gasteiger partial charge < -0.3 is 13.9 Å². The minimum Gasteiger partial charge on any atom is -0.490 e. The molecule has 2 heterocycles. The van der Waals surface area contributed by atoms with Crippen LogP contribution in [0.25, 0.3) is 11.1 Å². The van der Waals surface area contributed by atoms with Gasteiger partial charge in [-0.05, 0) is 24.1 Å². The van der Waals surface area contributed by atoms with E-state index in [9.17, 15) is 18.4 Å². The molecular weight excluding hydrogens is 374 g/mol. The Hall–Kier alpha value is -3.23. The van der Waals surface area contributed by atoms with Crippen LogP contribution >= 0.6 is 0 Å². The van der Waals surface area contributed by atoms with Crippen molar-refractivity contribution < 1.29 is 22.7 Å². The molecule has 0 fully saturated rings. The minimum atomic E-state index is -2.97. The van der Waals surface area contributed by atoms with Crippen molar-refractivity contribution in [3.63, 3.8) is 0 Å². The standard InChI is InChI=1S/C19H18F2N2O5/c1-3-11-9-14(24)28-17-15(11)16(25)22-18(23-17)27-8-7-26-13-6-4-5-12(10-13)19(2,20)21/h4-6,9-10H,3,7-8H2,1-2H3,(H,22,23,25). The maximum Gasteiger partial charge on any atom is 0.337 e. The Kier molecular flexibility index (Phi) is 5.43. The second kappa shape index (κ2) is 7.79. The molecule has 1 N–H and O–H groups in total. The fourth-order valence-electron chi connectivity index (χ4n) is 2.63. The van der Waals surface area contributed by atoms with Gasteiger partial charge in [-0.15, -0.1) is 0 Å². The number of hydrogen-bond donors (Lipinski definition) is 1. The van der Waals surface area contributed by atoms with Crippen molar-refractivity contribution in [3.8, 4) is 11.8 Å². The number of ether oxygens (including phenoxy) is 2. The molecule has 28 heavy (non-hydrogen) atoms. The molecule has 0 radical (unpaired) electrons. The van der Waals surface area contributed by atoms with E-state index < -0.39 is 17.1 Å². The molecule has 0 aliphatic heterocycles. The molecule has 1 aromatic carbocycles. The minimum absolute atomic E-state index is 0.0150. The number of halogens is 2. The van der Waals surface area contributed by atoms with E-state index >= 15 is 0 Å². The molecule has 0 unspecified atom stereocenters. The van der Waals surface area contributed by atoms with Crippen molar-refractivity contribution in [2.45, 2.75) is 26.2 Å². The summed E-state index contributed by atoms with van der Waals surface area (Å²) in [5.41, 5.74) is -0.832. The predicted molar refractivity (Wildman–Crippen MR) is 97.3 cm³/mol. The molecule has 0 aliphatic carbocycles. The average Bonchev–Trinajstić information content (AvgIpc) is 2.63. The van der Waals surface area contributed by atoms with Crippen molar-refractivity contribution in [1.82, 2.24) is 9.97 Å². The van der Waals surface area contributed by atoms with Crippen LogP contribution < -0.4 is 20.7 Å². The van der Waals surface area contributed by atoms with Gasteiger partial charge in [0.1, 0.15) is 24.3 Å². The highest BCUT2D eigenvalue weighted by Crippen LogP contribution is 2.29. The van der Waals surface area contributed by atoms with E-state index in [0.717, 1.165) is 6.92 Å². The number of alkyl halides is 2. The van der Waals surface area contributed by atoms with Crippen molar-refractivity contribution in [1.29, 1.82) is 0 Å². The van der Waals surface area contributed by atoms with E-state index in [1.807, 2.05) is 0 Å². The van der Waals surface area contributed by atoms with Gasteiger partial charge in [0.2, 0.25) is 5.71 Å². The number of rotatable bonds is 7. The van der Waals surface area contributed by atoms with Gasteiger partial charge in [-0.1, -0.05) is 19.1 Å². The van der Waals surface area contributed by atoms with Gasteiger partial charge >= 0.3 is 5.63 Å². The molecule has 0 saturated carbocycles. The van der Waals surface area contributed by atoms with Gasteiger partial charge in [0.25, 0.3) is 17.5 Å². The van der Waals surface area contributed by atoms with E-state index in [4.69, 9.17) is 13.9 Å². The second-order valence-electron chi connectivity index (χ2n) is 6.11. The van der Waals surface area contributed by atoms with Crippen molar-refractivity contribution >= 4 is 11.1 Å². The van der Waals surface area contributed by atoms with Crippen molar-refractivity contribution in [3.05, 3.63) is 62.2 Å². The lowest BCUT2D eigenvalue weighted by atomic mass is 10.1. The highest BCUT2D eigenvalue weighted by Gasteiger charge is 2.24. The van der Waals surface area contributed by atoms with Crippen LogP contribution in [0.4, 0.5) is 8.78 Å². The van der Waals surface area contributed by atoms with Crippen LogP contribution in [0.1, 0.15) is 25.0 Å². The molecule has 0 saturated heterocycles. The summed E-state index contributed by atoms with van der Waals surface area (Å²) in [6.45, 7) is 2.62. The molecule has 9 heteroatoms. The number of aromatic amines is 1. The number of aromatic nitrogens is 2. The summed E-state index contributed by atoms with van der Waals surface area (Å²) >= 11 is 0. The van der Waals surface area contributed by atoms with E-state index in [2.05, 4.69) is 9.97 Å². The summed E-state index contributed by atoms with van der Waals surface area (Å²) in [5.74, 6) is -2.70. The summed E-state index contributed by atoms with van der Waals surface area (Å²) in [4.78, 5) is 30.3. The summed E-state index contributed by atoms with van der Waals surface area (Å²) in [7, 11) is 0. The van der Waals surface area contributed by atoms with Gasteiger partial charge in [0, 0.05) is 18.6 Å². The van der Waals surface area contributed by atoms with Gasteiger partial charge in [0.05, 0.1) is 0 Å². The fourth-order valence-corrected chi connectivity index (χ4v) is 2.63. The number of aryl methyl sites for hydroxylation is 1. The first kappa shape index (κ1) is 19.5. The van der Waals surface area contributed by atoms with Gasteiger partial charge in [-0.2, -0.15) is 4.98 Å². The maximum atomic E-state index is 13.3. The van der Waals surface area contributed by atoms with Gasteiger partial charge in [-0.3, -0.25) is 9.78 Å². The molecule has 3 rings (SSSR count). The quantitative estimate of drug-likeness (QED) is 0.621. The SMILES string of the molecule is CCc1cc(=O)oc2nc(OCCOc3cccc(C(C)(F)F)c3)[nH]c(=O)c12. The Balaban J connectivity index is 1.68. The molecule has 0 aliphatic rings. The van der Waals surface area contributed by atoms with Crippen LogP contribution in [0.2, 0.25) is 0 Å². The van der Waals surface area contributed by atoms with E-state index in [1.54, 1.807) is 13.0 Å². The molecule has 7 nitrogen and oxygen atoms in total. The molecular formula is C19H18F2N2O5. The molecule has 148 valence electrons. The highest BCUT2D eigenvalue weighted by molar-refractivity contribution is 5.75. The van der Waals surface area contributed by atoms with Crippen LogP contribution in [-0.4, -0.2) is 23.2 Å². The van der Waals surface area contributed by atoms with E-state index in [0.29, 0.717) is 12.0 Å². The first-order chi connectivity index (χ1) is 13.3. The Morgan fingerprint density at radius 1 is 1.18 bits per heavy atom. The average molecular weight is 392 g/mol. The number of nitrogens with zero attached hydrogens (tertiary/aromatic N) is 1. The summed E-state index contributed by atoms with van der Waals surface area (Å²) in [6, 6.07) is 6.70. The Labute approximate surface area is 157 Å². The Morgan fingerprint density at radius 2 is 1.93 bits per heavy atom. The second-order valence-corrected chi connectivity index (χ2v) is 6.11. The normalized spacial score (nSPS) is 11.6. The van der Waals surface area contributed by atoms with Crippen LogP contribution in [0.5, 0.6) is 11.8 Å². The smallest absolute Gasteiger partial charge is 0.337 e. The van der Waals surface area contributed by atoms with Crippen LogP contribution in [0.15, 0.2) is 44.3 Å². The fraction of sp³-hybridized carbons (Fsp3) is 0.316. The van der Waals surface area contributed by atoms with E-state index in [1.165, 1.54) is 24.3 Å². The lowest BCUT2D eigenvalue weighted by molar-refractivity contribution is 0.0172. The number of nitrogens with one attached hydrogen (secondary N) is 1. The predicted octanol–water partition coefficient (Wildman–Crippen LogP) is 3.01. The van der Waals surface area contributed by atoms with Crippen molar-refractivity contribution in [2.75, 3.05) is 13.2 Å². The summed E-state index contributed by atoms with van der Waals surface area (Å²) in [6.07, 6.45) is 0.469. The topological polar surface area (TPSA) is 94.4 Å². The van der Waals surface area contributed by atoms with Gasteiger partial charge in [-0.25, -0.2) is 13.6 Å². The molecule has 3 aromatic rings. The zero-order valence-electron chi connectivity index (χ0n) is 15.3. The number of fused-ring (bicyclic) bond motifs is 1. The zero-order chi connectivity index (χ0) is 20.3. The molecule has 0 amide bonds. The summed E-state index contributed by atoms with van der Waals surface area (Å²) < 4.78 is 42.4. The van der Waals surface area contributed by atoms with E-state index in [-0.39, 0.29) is 41.6 Å². The number of benzene rings is 1. The van der Waals surface area contributed by atoms with Crippen LogP contribution in [-0.2, 0) is 12.3 Å². The first-order valence-electron chi connectivity index (χ1n) is 8.59. The highest BCUT2D eigenvalue weighted by atomic mass is 19.3. The monoisotopic (exact) mass is 392 g/mol. The van der Waals surface area contributed by atoms with Gasteiger partial charge in [0.15, 0.2) is 0 Å². The number of hydrogen-bond acceptors (Lipinski definition) is 6. The van der Waals surface area contributed by atoms with Crippen LogP contribution in [0, 0.1) is 0 Å². The lowest BCUT2D eigenvalue weighted by Crippen LogP contribution is -2.17.